The molecule has 4 rings (SSSR count). The van der Waals surface area contributed by atoms with E-state index < -0.39 is 0 Å². The van der Waals surface area contributed by atoms with E-state index >= 15 is 0 Å². The Labute approximate surface area is 171 Å². The molecule has 1 saturated carbocycles. The van der Waals surface area contributed by atoms with Crippen molar-refractivity contribution in [2.75, 3.05) is 18.2 Å². The summed E-state index contributed by atoms with van der Waals surface area (Å²) in [7, 11) is 1.71. The molecule has 0 aliphatic heterocycles. The molecule has 1 aliphatic rings. The molecule has 10 heteroatoms. The van der Waals surface area contributed by atoms with E-state index in [0.29, 0.717) is 28.1 Å². The minimum absolute atomic E-state index is 0.00783. The van der Waals surface area contributed by atoms with Gasteiger partial charge in [0.25, 0.3) is 0 Å². The molecule has 0 bridgehead atoms. The number of methoxy groups -OCH3 is 1. The molecule has 2 aromatic heterocycles. The van der Waals surface area contributed by atoms with Gasteiger partial charge in [-0.3, -0.25) is 4.57 Å². The van der Waals surface area contributed by atoms with Crippen molar-refractivity contribution in [3.8, 4) is 6.07 Å². The van der Waals surface area contributed by atoms with Crippen molar-refractivity contribution < 1.29 is 4.74 Å². The highest BCUT2D eigenvalue weighted by Crippen LogP contribution is 2.32. The maximum Gasteiger partial charge on any atom is 0.328 e. The van der Waals surface area contributed by atoms with Crippen LogP contribution in [0.15, 0.2) is 23.0 Å². The van der Waals surface area contributed by atoms with E-state index in [9.17, 15) is 4.79 Å². The number of aromatic nitrogens is 4. The Bertz CT molecular complexity index is 1160. The van der Waals surface area contributed by atoms with Crippen molar-refractivity contribution >= 4 is 40.1 Å². The number of nitrogen functional groups attached to an aromatic ring is 1. The predicted octanol–water partition coefficient (Wildman–Crippen LogP) is 3.10. The lowest BCUT2D eigenvalue weighted by molar-refractivity contribution is 0.0585. The lowest BCUT2D eigenvalue weighted by Crippen LogP contribution is -2.28. The lowest BCUT2D eigenvalue weighted by atomic mass is 9.93. The molecule has 3 aromatic rings. The van der Waals surface area contributed by atoms with Crippen LogP contribution in [0.3, 0.4) is 0 Å². The fourth-order valence-corrected chi connectivity index (χ4v) is 3.97. The highest BCUT2D eigenvalue weighted by molar-refractivity contribution is 6.33. The summed E-state index contributed by atoms with van der Waals surface area (Å²) < 4.78 is 7.07. The van der Waals surface area contributed by atoms with E-state index in [1.165, 1.54) is 0 Å². The Kier molecular flexibility index (Phi) is 5.13. The van der Waals surface area contributed by atoms with Crippen molar-refractivity contribution in [3.05, 3.63) is 39.4 Å². The van der Waals surface area contributed by atoms with E-state index in [-0.39, 0.29) is 28.9 Å². The summed E-state index contributed by atoms with van der Waals surface area (Å²) in [6.07, 6.45) is 3.60. The van der Waals surface area contributed by atoms with Gasteiger partial charge in [0.15, 0.2) is 10.8 Å². The monoisotopic (exact) mass is 413 g/mol. The minimum atomic E-state index is -0.264. The first-order valence-corrected chi connectivity index (χ1v) is 9.65. The van der Waals surface area contributed by atoms with Crippen LogP contribution in [-0.2, 0) is 4.74 Å². The SMILES string of the molecule is COC1CCC(n2c(=O)[nH]c3c(Cl)nc(Nc4cc(C#N)ccc4N)nc32)CC1. The number of benzene rings is 1. The van der Waals surface area contributed by atoms with Crippen molar-refractivity contribution in [3.63, 3.8) is 0 Å². The Morgan fingerprint density at radius 1 is 1.34 bits per heavy atom. The number of nitrogens with zero attached hydrogens (tertiary/aromatic N) is 4. The van der Waals surface area contributed by atoms with E-state index in [0.717, 1.165) is 25.7 Å². The fourth-order valence-electron chi connectivity index (χ4n) is 3.76. The van der Waals surface area contributed by atoms with Gasteiger partial charge in [0, 0.05) is 13.2 Å². The number of aromatic amines is 1. The lowest BCUT2D eigenvalue weighted by Gasteiger charge is -2.28. The van der Waals surface area contributed by atoms with Gasteiger partial charge >= 0.3 is 5.69 Å². The number of rotatable bonds is 4. The van der Waals surface area contributed by atoms with Crippen LogP contribution in [0.4, 0.5) is 17.3 Å². The zero-order valence-electron chi connectivity index (χ0n) is 15.8. The Balaban J connectivity index is 1.73. The summed E-state index contributed by atoms with van der Waals surface area (Å²) in [5.74, 6) is 0.197. The van der Waals surface area contributed by atoms with Crippen molar-refractivity contribution in [2.45, 2.75) is 37.8 Å². The number of nitrogens with two attached hydrogens (primary N) is 1. The second-order valence-electron chi connectivity index (χ2n) is 7.04. The molecule has 9 nitrogen and oxygen atoms in total. The second-order valence-corrected chi connectivity index (χ2v) is 7.40. The smallest absolute Gasteiger partial charge is 0.328 e. The number of H-pyrrole nitrogens is 1. The molecule has 150 valence electrons. The zero-order valence-corrected chi connectivity index (χ0v) is 16.5. The number of imidazole rings is 1. The topological polar surface area (TPSA) is 135 Å². The molecule has 4 N–H and O–H groups in total. The van der Waals surface area contributed by atoms with Gasteiger partial charge in [-0.05, 0) is 43.9 Å². The summed E-state index contributed by atoms with van der Waals surface area (Å²) in [6, 6.07) is 6.92. The molecule has 0 spiro atoms. The quantitative estimate of drug-likeness (QED) is 0.441. The van der Waals surface area contributed by atoms with Gasteiger partial charge in [-0.25, -0.2) is 4.79 Å². The molecule has 0 atom stereocenters. The van der Waals surface area contributed by atoms with Gasteiger partial charge in [0.1, 0.15) is 5.52 Å². The normalized spacial score (nSPS) is 19.2. The largest absolute Gasteiger partial charge is 0.397 e. The van der Waals surface area contributed by atoms with Crippen LogP contribution in [0.1, 0.15) is 37.3 Å². The minimum Gasteiger partial charge on any atom is -0.397 e. The Morgan fingerprint density at radius 3 is 2.79 bits per heavy atom. The molecule has 1 fully saturated rings. The van der Waals surface area contributed by atoms with Gasteiger partial charge in [-0.2, -0.15) is 15.2 Å². The first kappa shape index (κ1) is 19.2. The molecular formula is C19H20ClN7O2. The van der Waals surface area contributed by atoms with Gasteiger partial charge < -0.3 is 20.8 Å². The summed E-state index contributed by atoms with van der Waals surface area (Å²) in [6.45, 7) is 0. The molecule has 0 radical (unpaired) electrons. The maximum atomic E-state index is 12.6. The molecule has 1 aliphatic carbocycles. The summed E-state index contributed by atoms with van der Waals surface area (Å²) in [4.78, 5) is 24.1. The van der Waals surface area contributed by atoms with E-state index in [4.69, 9.17) is 27.3 Å². The third-order valence-electron chi connectivity index (χ3n) is 5.30. The molecule has 1 aromatic carbocycles. The van der Waals surface area contributed by atoms with Crippen LogP contribution in [0, 0.1) is 11.3 Å². The van der Waals surface area contributed by atoms with Gasteiger partial charge in [0.05, 0.1) is 29.1 Å². The van der Waals surface area contributed by atoms with Gasteiger partial charge in [0.2, 0.25) is 5.95 Å². The summed E-state index contributed by atoms with van der Waals surface area (Å²) in [5, 5.41) is 12.2. The first-order valence-electron chi connectivity index (χ1n) is 9.27. The van der Waals surface area contributed by atoms with Crippen LogP contribution in [0.25, 0.3) is 11.2 Å². The zero-order chi connectivity index (χ0) is 20.5. The first-order chi connectivity index (χ1) is 14.0. The number of hydrogen-bond acceptors (Lipinski definition) is 7. The fraction of sp³-hybridized carbons (Fsp3) is 0.368. The number of anilines is 3. The van der Waals surface area contributed by atoms with Crippen LogP contribution >= 0.6 is 11.6 Å². The molecule has 0 unspecified atom stereocenters. The number of nitriles is 1. The molecule has 0 amide bonds. The maximum absolute atomic E-state index is 12.6. The van der Waals surface area contributed by atoms with Gasteiger partial charge in [-0.1, -0.05) is 11.6 Å². The molecular weight excluding hydrogens is 394 g/mol. The Morgan fingerprint density at radius 2 is 2.10 bits per heavy atom. The standard InChI is InChI=1S/C19H20ClN7O2/c1-29-12-5-3-11(4-6-12)27-17-15(24-19(27)28)16(20)25-18(26-17)23-14-8-10(9-21)2-7-13(14)22/h2,7-8,11-12H,3-6,22H2,1H3,(H,24,28)(H,23,25,26). The number of fused-ring (bicyclic) bond motifs is 1. The molecule has 29 heavy (non-hydrogen) atoms. The predicted molar refractivity (Wildman–Crippen MR) is 110 cm³/mol. The van der Waals surface area contributed by atoms with E-state index in [2.05, 4.69) is 26.3 Å². The van der Waals surface area contributed by atoms with E-state index in [1.807, 2.05) is 0 Å². The van der Waals surface area contributed by atoms with Crippen molar-refractivity contribution in [1.82, 2.24) is 19.5 Å². The number of hydrogen-bond donors (Lipinski definition) is 3. The summed E-state index contributed by atoms with van der Waals surface area (Å²) in [5.41, 5.74) is 7.93. The molecule has 2 heterocycles. The Hall–Kier alpha value is -3.09. The van der Waals surface area contributed by atoms with E-state index in [1.54, 1.807) is 29.9 Å². The third kappa shape index (κ3) is 3.64. The number of ether oxygens (including phenoxy) is 1. The van der Waals surface area contributed by atoms with Crippen LogP contribution in [0.5, 0.6) is 0 Å². The van der Waals surface area contributed by atoms with Crippen LogP contribution < -0.4 is 16.7 Å². The highest BCUT2D eigenvalue weighted by Gasteiger charge is 2.26. The summed E-state index contributed by atoms with van der Waals surface area (Å²) >= 11 is 6.32. The average molecular weight is 414 g/mol. The van der Waals surface area contributed by atoms with Crippen LogP contribution in [0.2, 0.25) is 5.15 Å². The van der Waals surface area contributed by atoms with Crippen molar-refractivity contribution in [1.29, 1.82) is 5.26 Å². The average Bonchev–Trinajstić information content (AvgIpc) is 3.06. The van der Waals surface area contributed by atoms with Crippen molar-refractivity contribution in [2.24, 2.45) is 0 Å². The third-order valence-corrected chi connectivity index (χ3v) is 5.57. The van der Waals surface area contributed by atoms with Gasteiger partial charge in [-0.15, -0.1) is 0 Å². The number of halogens is 1. The molecule has 0 saturated heterocycles. The second kappa shape index (κ2) is 7.73. The number of nitrogens with one attached hydrogen (secondary N) is 2. The van der Waals surface area contributed by atoms with Crippen LogP contribution in [-0.4, -0.2) is 32.7 Å². The highest BCUT2D eigenvalue weighted by atomic mass is 35.5.